The van der Waals surface area contributed by atoms with Gasteiger partial charge in [-0.3, -0.25) is 0 Å². The third-order valence-electron chi connectivity index (χ3n) is 4.34. The average molecular weight is 371 g/mol. The first-order valence-electron chi connectivity index (χ1n) is 7.32. The Hall–Kier alpha value is 0.850. The molecule has 2 aliphatic rings. The fourth-order valence-electron chi connectivity index (χ4n) is 3.08. The molecule has 0 aromatic carbocycles. The number of rotatable bonds is 9. The first-order chi connectivity index (χ1) is 10.5. The Morgan fingerprint density at radius 3 is 2.64 bits per heavy atom. The second kappa shape index (κ2) is 8.29. The molecule has 1 unspecified atom stereocenters. The van der Waals surface area contributed by atoms with Crippen molar-refractivity contribution in [2.75, 3.05) is 52.0 Å². The van der Waals surface area contributed by atoms with Crippen LogP contribution in [0.25, 0.3) is 0 Å². The molecule has 8 heteroatoms. The molecule has 2 aliphatic heterocycles. The van der Waals surface area contributed by atoms with Crippen molar-refractivity contribution in [1.29, 1.82) is 0 Å². The van der Waals surface area contributed by atoms with Gasteiger partial charge in [0.15, 0.2) is 5.79 Å². The summed E-state index contributed by atoms with van der Waals surface area (Å²) in [5.41, 5.74) is 0. The van der Waals surface area contributed by atoms with Crippen LogP contribution in [0.15, 0.2) is 0 Å². The maximum atomic E-state index is 10.7. The number of methoxy groups -OCH3 is 1. The van der Waals surface area contributed by atoms with Crippen molar-refractivity contribution >= 4 is 35.3 Å². The standard InChI is InChI=1S/C14H26O5S3/c1-10-12-11(7-18-9-17-6-5-16-2)19-13(10,15)8-22-14(12,20-3)21-4/h10-12,15H,5-9H2,1-4H3/t10?,11-,12+,13+/m1/s1. The van der Waals surface area contributed by atoms with Crippen LogP contribution < -0.4 is 0 Å². The zero-order valence-corrected chi connectivity index (χ0v) is 16.0. The van der Waals surface area contributed by atoms with Gasteiger partial charge in [0.1, 0.15) is 10.2 Å². The zero-order valence-electron chi connectivity index (χ0n) is 13.6. The Kier molecular flexibility index (Phi) is 7.23. The van der Waals surface area contributed by atoms with Gasteiger partial charge in [0, 0.05) is 24.7 Å². The van der Waals surface area contributed by atoms with E-state index in [9.17, 15) is 5.11 Å². The highest BCUT2D eigenvalue weighted by Crippen LogP contribution is 2.63. The third kappa shape index (κ3) is 3.74. The Labute approximate surface area is 145 Å². The summed E-state index contributed by atoms with van der Waals surface area (Å²) in [6, 6.07) is 0. The molecule has 130 valence electrons. The topological polar surface area (TPSA) is 57.2 Å². The quantitative estimate of drug-likeness (QED) is 0.489. The van der Waals surface area contributed by atoms with E-state index >= 15 is 0 Å². The largest absolute Gasteiger partial charge is 0.382 e. The minimum Gasteiger partial charge on any atom is -0.382 e. The van der Waals surface area contributed by atoms with Crippen LogP contribution in [-0.2, 0) is 18.9 Å². The molecule has 0 aromatic heterocycles. The van der Waals surface area contributed by atoms with Gasteiger partial charge in [0.2, 0.25) is 0 Å². The van der Waals surface area contributed by atoms with Crippen LogP contribution in [0.2, 0.25) is 0 Å². The van der Waals surface area contributed by atoms with Crippen molar-refractivity contribution < 1.29 is 24.1 Å². The Balaban J connectivity index is 1.93. The molecule has 0 spiro atoms. The summed E-state index contributed by atoms with van der Waals surface area (Å²) in [5, 5.41) is 10.7. The second-order valence-corrected chi connectivity index (χ2v) is 9.61. The van der Waals surface area contributed by atoms with Gasteiger partial charge in [-0.25, -0.2) is 0 Å². The summed E-state index contributed by atoms with van der Waals surface area (Å²) in [7, 11) is 1.64. The summed E-state index contributed by atoms with van der Waals surface area (Å²) in [6.07, 6.45) is 4.15. The molecule has 0 saturated carbocycles. The van der Waals surface area contributed by atoms with Gasteiger partial charge in [-0.15, -0.1) is 35.3 Å². The second-order valence-electron chi connectivity index (χ2n) is 5.51. The molecule has 1 N–H and O–H groups in total. The summed E-state index contributed by atoms with van der Waals surface area (Å²) < 4.78 is 21.8. The molecule has 0 radical (unpaired) electrons. The number of hydrogen-bond donors (Lipinski definition) is 1. The fourth-order valence-corrected chi connectivity index (χ4v) is 7.59. The van der Waals surface area contributed by atoms with Crippen molar-refractivity contribution in [3.05, 3.63) is 0 Å². The summed E-state index contributed by atoms with van der Waals surface area (Å²) in [4.78, 5) is 0. The maximum Gasteiger partial charge on any atom is 0.178 e. The van der Waals surface area contributed by atoms with Crippen LogP contribution in [0.1, 0.15) is 6.92 Å². The van der Waals surface area contributed by atoms with E-state index in [0.29, 0.717) is 25.6 Å². The van der Waals surface area contributed by atoms with Gasteiger partial charge in [-0.05, 0) is 12.5 Å². The van der Waals surface area contributed by atoms with Crippen molar-refractivity contribution in [3.8, 4) is 0 Å². The van der Waals surface area contributed by atoms with Crippen LogP contribution in [0.3, 0.4) is 0 Å². The van der Waals surface area contributed by atoms with Gasteiger partial charge in [0.25, 0.3) is 0 Å². The van der Waals surface area contributed by atoms with E-state index in [1.54, 1.807) is 18.9 Å². The van der Waals surface area contributed by atoms with Crippen molar-refractivity contribution in [2.45, 2.75) is 22.2 Å². The molecular weight excluding hydrogens is 344 g/mol. The number of thioether (sulfide) groups is 3. The molecule has 5 nitrogen and oxygen atoms in total. The molecule has 0 aliphatic carbocycles. The van der Waals surface area contributed by atoms with E-state index in [1.807, 2.05) is 23.5 Å². The van der Waals surface area contributed by atoms with Gasteiger partial charge < -0.3 is 24.1 Å². The van der Waals surface area contributed by atoms with E-state index in [-0.39, 0.29) is 28.1 Å². The highest BCUT2D eigenvalue weighted by Gasteiger charge is 2.63. The third-order valence-corrected chi connectivity index (χ3v) is 9.97. The van der Waals surface area contributed by atoms with Crippen LogP contribution >= 0.6 is 35.3 Å². The van der Waals surface area contributed by atoms with E-state index < -0.39 is 5.79 Å². The molecule has 2 heterocycles. The summed E-state index contributed by atoms with van der Waals surface area (Å²) in [5.74, 6) is -0.0977. The van der Waals surface area contributed by atoms with E-state index in [1.165, 1.54) is 0 Å². The lowest BCUT2D eigenvalue weighted by atomic mass is 9.88. The molecule has 0 amide bonds. The normalized spacial score (nSPS) is 36.7. The highest BCUT2D eigenvalue weighted by molar-refractivity contribution is 8.33. The molecule has 2 saturated heterocycles. The first kappa shape index (κ1) is 19.2. The van der Waals surface area contributed by atoms with Crippen LogP contribution in [0, 0.1) is 11.8 Å². The number of fused-ring (bicyclic) bond motifs is 2. The van der Waals surface area contributed by atoms with Crippen molar-refractivity contribution in [2.24, 2.45) is 11.8 Å². The van der Waals surface area contributed by atoms with Crippen molar-refractivity contribution in [3.63, 3.8) is 0 Å². The molecule has 2 bridgehead atoms. The Morgan fingerprint density at radius 2 is 2.00 bits per heavy atom. The minimum atomic E-state index is -1.03. The molecule has 2 rings (SSSR count). The zero-order chi connectivity index (χ0) is 16.2. The van der Waals surface area contributed by atoms with Gasteiger partial charge in [-0.1, -0.05) is 6.92 Å². The fraction of sp³-hybridized carbons (Fsp3) is 1.00. The van der Waals surface area contributed by atoms with Gasteiger partial charge in [-0.2, -0.15) is 0 Å². The van der Waals surface area contributed by atoms with E-state index in [0.717, 1.165) is 0 Å². The smallest absolute Gasteiger partial charge is 0.178 e. The lowest BCUT2D eigenvalue weighted by molar-refractivity contribution is -0.203. The van der Waals surface area contributed by atoms with E-state index in [4.69, 9.17) is 18.9 Å². The van der Waals surface area contributed by atoms with Gasteiger partial charge in [0.05, 0.1) is 25.9 Å². The SMILES string of the molecule is COCCOCOC[C@H]1O[C@@]2(O)CSC(SC)(SC)[C@H]1C2C. The monoisotopic (exact) mass is 370 g/mol. The molecular formula is C14H26O5S3. The molecule has 0 aromatic rings. The molecule has 2 fully saturated rings. The lowest BCUT2D eigenvalue weighted by Crippen LogP contribution is -2.47. The van der Waals surface area contributed by atoms with Crippen molar-refractivity contribution in [1.82, 2.24) is 0 Å². The number of ether oxygens (including phenoxy) is 4. The summed E-state index contributed by atoms with van der Waals surface area (Å²) >= 11 is 5.47. The molecule has 4 atom stereocenters. The lowest BCUT2D eigenvalue weighted by Gasteiger charge is -2.44. The average Bonchev–Trinajstić information content (AvgIpc) is 2.69. The van der Waals surface area contributed by atoms with E-state index in [2.05, 4.69) is 19.4 Å². The predicted molar refractivity (Wildman–Crippen MR) is 93.3 cm³/mol. The molecule has 22 heavy (non-hydrogen) atoms. The maximum absolute atomic E-state index is 10.7. The minimum absolute atomic E-state index is 0.00702. The number of aliphatic hydroxyl groups is 1. The summed E-state index contributed by atoms with van der Waals surface area (Å²) in [6.45, 7) is 3.82. The highest BCUT2D eigenvalue weighted by atomic mass is 32.3. The van der Waals surface area contributed by atoms with Crippen LogP contribution in [0.4, 0.5) is 0 Å². The Morgan fingerprint density at radius 1 is 1.27 bits per heavy atom. The number of hydrogen-bond acceptors (Lipinski definition) is 8. The Bertz CT molecular complexity index is 355. The van der Waals surface area contributed by atoms with Gasteiger partial charge >= 0.3 is 0 Å². The first-order valence-corrected chi connectivity index (χ1v) is 10.8. The van der Waals surface area contributed by atoms with Crippen LogP contribution in [-0.4, -0.2) is 72.4 Å². The van der Waals surface area contributed by atoms with Crippen LogP contribution in [0.5, 0.6) is 0 Å². The predicted octanol–water partition coefficient (Wildman–Crippen LogP) is 2.09.